The Labute approximate surface area is 165 Å². The molecule has 7 nitrogen and oxygen atoms in total. The number of aryl methyl sites for hydroxylation is 3. The number of hydroxylamine groups is 4. The van der Waals surface area contributed by atoms with Crippen molar-refractivity contribution in [3.8, 4) is 0 Å². The number of aliphatic hydroxyl groups excluding tert-OH is 1. The van der Waals surface area contributed by atoms with Gasteiger partial charge in [0.1, 0.15) is 17.4 Å². The summed E-state index contributed by atoms with van der Waals surface area (Å²) < 4.78 is 5.21. The second-order valence-electron chi connectivity index (χ2n) is 8.00. The van der Waals surface area contributed by atoms with Crippen LogP contribution in [0.1, 0.15) is 35.1 Å². The fraction of sp³-hybridized carbons (Fsp3) is 0.571. The zero-order valence-corrected chi connectivity index (χ0v) is 16.9. The second kappa shape index (κ2) is 7.15. The molecule has 3 aliphatic heterocycles. The Morgan fingerprint density at radius 1 is 1.14 bits per heavy atom. The van der Waals surface area contributed by atoms with E-state index >= 15 is 0 Å². The molecule has 1 N–H and O–H groups in total. The van der Waals surface area contributed by atoms with Crippen LogP contribution < -0.4 is 0 Å². The first-order chi connectivity index (χ1) is 13.4. The van der Waals surface area contributed by atoms with E-state index < -0.39 is 5.54 Å². The number of piperidine rings is 1. The van der Waals surface area contributed by atoms with Crippen molar-refractivity contribution in [2.75, 3.05) is 33.4 Å². The van der Waals surface area contributed by atoms with Crippen LogP contribution >= 0.6 is 0 Å². The van der Waals surface area contributed by atoms with Gasteiger partial charge < -0.3 is 14.7 Å². The maximum atomic E-state index is 13.5. The van der Waals surface area contributed by atoms with Crippen molar-refractivity contribution in [1.29, 1.82) is 0 Å². The first-order valence-corrected chi connectivity index (χ1v) is 9.77. The van der Waals surface area contributed by atoms with Crippen molar-refractivity contribution >= 4 is 11.5 Å². The molecular weight excluding hydrogens is 360 g/mol. The number of amides is 1. The highest BCUT2D eigenvalue weighted by molar-refractivity contribution is 6.23. The van der Waals surface area contributed by atoms with E-state index in [1.165, 1.54) is 5.06 Å². The number of aliphatic hydroxyl groups is 1. The largest absolute Gasteiger partial charge is 0.509 e. The summed E-state index contributed by atoms with van der Waals surface area (Å²) in [5.74, 6) is -0.158. The smallest absolute Gasteiger partial charge is 0.282 e. The van der Waals surface area contributed by atoms with Gasteiger partial charge >= 0.3 is 0 Å². The Kier molecular flexibility index (Phi) is 4.95. The molecule has 2 fully saturated rings. The first-order valence-electron chi connectivity index (χ1n) is 9.77. The summed E-state index contributed by atoms with van der Waals surface area (Å²) in [6.07, 6.45) is 0.924. The highest BCUT2D eigenvalue weighted by atomic mass is 16.7. The van der Waals surface area contributed by atoms with Crippen molar-refractivity contribution in [1.82, 2.24) is 10.1 Å². The van der Waals surface area contributed by atoms with Crippen LogP contribution in [0, 0.1) is 20.8 Å². The number of benzene rings is 1. The van der Waals surface area contributed by atoms with Gasteiger partial charge in [0.15, 0.2) is 0 Å². The number of carbonyl (C=O) groups is 1. The molecule has 1 aromatic rings. The Bertz CT molecular complexity index is 799. The van der Waals surface area contributed by atoms with Gasteiger partial charge in [-0.15, -0.1) is 0 Å². The van der Waals surface area contributed by atoms with Gasteiger partial charge in [-0.05, 0) is 50.3 Å². The molecular formula is C21H28N2O5. The number of carbonyl (C=O) groups excluding carboxylic acids is 1. The molecule has 0 unspecified atom stereocenters. The van der Waals surface area contributed by atoms with Crippen molar-refractivity contribution in [3.63, 3.8) is 0 Å². The Balaban J connectivity index is 1.78. The summed E-state index contributed by atoms with van der Waals surface area (Å²) in [5, 5.41) is 14.7. The zero-order chi connectivity index (χ0) is 20.1. The highest BCUT2D eigenvalue weighted by Gasteiger charge is 2.56. The fourth-order valence-corrected chi connectivity index (χ4v) is 4.58. The summed E-state index contributed by atoms with van der Waals surface area (Å²) in [6.45, 7) is 8.12. The molecule has 0 radical (unpaired) electrons. The van der Waals surface area contributed by atoms with Gasteiger partial charge in [0.25, 0.3) is 5.91 Å². The minimum Gasteiger partial charge on any atom is -0.509 e. The zero-order valence-electron chi connectivity index (χ0n) is 16.9. The number of ether oxygens (including phenoxy) is 1. The van der Waals surface area contributed by atoms with Crippen LogP contribution in [-0.2, 0) is 19.2 Å². The molecule has 0 atom stereocenters. The Hall–Kier alpha value is -1.93. The van der Waals surface area contributed by atoms with E-state index in [-0.39, 0.29) is 17.8 Å². The van der Waals surface area contributed by atoms with Gasteiger partial charge in [-0.25, -0.2) is 5.06 Å². The average molecular weight is 388 g/mol. The quantitative estimate of drug-likeness (QED) is 0.854. The number of hydrogen-bond donors (Lipinski definition) is 1. The van der Waals surface area contributed by atoms with E-state index in [4.69, 9.17) is 14.4 Å². The number of rotatable bonds is 4. The molecule has 2 saturated heterocycles. The molecule has 3 aliphatic rings. The van der Waals surface area contributed by atoms with Crippen LogP contribution in [0.5, 0.6) is 0 Å². The third kappa shape index (κ3) is 2.93. The van der Waals surface area contributed by atoms with Gasteiger partial charge in [-0.2, -0.15) is 5.06 Å². The lowest BCUT2D eigenvalue weighted by Crippen LogP contribution is -2.57. The van der Waals surface area contributed by atoms with Crippen molar-refractivity contribution < 1.29 is 24.3 Å². The van der Waals surface area contributed by atoms with Crippen LogP contribution in [0.25, 0.3) is 5.57 Å². The van der Waals surface area contributed by atoms with Gasteiger partial charge in [0, 0.05) is 13.1 Å². The van der Waals surface area contributed by atoms with Crippen LogP contribution in [0.2, 0.25) is 0 Å². The van der Waals surface area contributed by atoms with Gasteiger partial charge in [-0.1, -0.05) is 17.7 Å². The van der Waals surface area contributed by atoms with E-state index in [1.807, 2.05) is 38.0 Å². The van der Waals surface area contributed by atoms with Crippen LogP contribution in [0.15, 0.2) is 17.9 Å². The summed E-state index contributed by atoms with van der Waals surface area (Å²) in [4.78, 5) is 24.9. The molecule has 7 heteroatoms. The summed E-state index contributed by atoms with van der Waals surface area (Å²) in [7, 11) is 1.64. The van der Waals surface area contributed by atoms with Gasteiger partial charge in [0.2, 0.25) is 0 Å². The first kappa shape index (κ1) is 19.4. The maximum absolute atomic E-state index is 13.5. The molecule has 0 bridgehead atoms. The SMILES string of the molecule is CON1CCC2(CC1)C(O)=C(c1c(C)cc(C)cc1C)C(=O)N2OC1COC1. The van der Waals surface area contributed by atoms with Crippen molar-refractivity contribution in [2.45, 2.75) is 45.3 Å². The molecule has 0 aliphatic carbocycles. The number of nitrogens with zero attached hydrogens (tertiary/aromatic N) is 2. The predicted octanol–water partition coefficient (Wildman–Crippen LogP) is 2.45. The topological polar surface area (TPSA) is 71.5 Å². The highest BCUT2D eigenvalue weighted by Crippen LogP contribution is 2.47. The van der Waals surface area contributed by atoms with Crippen LogP contribution in [0.3, 0.4) is 0 Å². The molecule has 28 heavy (non-hydrogen) atoms. The molecule has 1 spiro atoms. The third-order valence-corrected chi connectivity index (χ3v) is 6.06. The number of hydrogen-bond acceptors (Lipinski definition) is 6. The molecule has 1 aromatic carbocycles. The molecule has 4 rings (SSSR count). The van der Waals surface area contributed by atoms with Crippen molar-refractivity contribution in [3.05, 3.63) is 40.1 Å². The van der Waals surface area contributed by atoms with Crippen LogP contribution in [0.4, 0.5) is 0 Å². The van der Waals surface area contributed by atoms with Crippen molar-refractivity contribution in [2.24, 2.45) is 0 Å². The molecule has 152 valence electrons. The summed E-state index contributed by atoms with van der Waals surface area (Å²) in [5.41, 5.74) is 3.39. The predicted molar refractivity (Wildman–Crippen MR) is 103 cm³/mol. The lowest BCUT2D eigenvalue weighted by atomic mass is 9.85. The molecule has 0 saturated carbocycles. The standard InChI is InChI=1S/C21H28N2O5/c1-13-9-14(2)17(15(3)10-13)18-19(24)21(5-7-22(26-4)8-6-21)23(20(18)25)28-16-11-27-12-16/h9-10,16,24H,5-8,11-12H2,1-4H3. The fourth-order valence-electron chi connectivity index (χ4n) is 4.58. The maximum Gasteiger partial charge on any atom is 0.282 e. The Morgan fingerprint density at radius 2 is 1.75 bits per heavy atom. The minimum absolute atomic E-state index is 0.114. The summed E-state index contributed by atoms with van der Waals surface area (Å²) >= 11 is 0. The van der Waals surface area contributed by atoms with E-state index in [0.717, 1.165) is 22.3 Å². The van der Waals surface area contributed by atoms with Crippen LogP contribution in [-0.4, -0.2) is 66.2 Å². The normalized spacial score (nSPS) is 23.0. The second-order valence-corrected chi connectivity index (χ2v) is 8.00. The van der Waals surface area contributed by atoms with Gasteiger partial charge in [-0.3, -0.25) is 9.63 Å². The lowest BCUT2D eigenvalue weighted by Gasteiger charge is -2.44. The van der Waals surface area contributed by atoms with E-state index in [0.29, 0.717) is 44.7 Å². The molecule has 3 heterocycles. The van der Waals surface area contributed by atoms with Gasteiger partial charge in [0.05, 0.1) is 25.9 Å². The van der Waals surface area contributed by atoms with E-state index in [1.54, 1.807) is 7.11 Å². The summed E-state index contributed by atoms with van der Waals surface area (Å²) in [6, 6.07) is 4.08. The van der Waals surface area contributed by atoms with E-state index in [2.05, 4.69) is 0 Å². The average Bonchev–Trinajstić information content (AvgIpc) is 2.80. The lowest BCUT2D eigenvalue weighted by molar-refractivity contribution is -0.286. The Morgan fingerprint density at radius 3 is 2.25 bits per heavy atom. The molecule has 0 aromatic heterocycles. The third-order valence-electron chi connectivity index (χ3n) is 6.06. The monoisotopic (exact) mass is 388 g/mol. The minimum atomic E-state index is -0.860. The van der Waals surface area contributed by atoms with E-state index in [9.17, 15) is 9.90 Å². The molecule has 1 amide bonds.